The Morgan fingerprint density at radius 1 is 1.12 bits per heavy atom. The maximum Gasteiger partial charge on any atom is 0.270 e. The van der Waals surface area contributed by atoms with Gasteiger partial charge >= 0.3 is 0 Å². The van der Waals surface area contributed by atoms with Crippen LogP contribution in [-0.2, 0) is 0 Å². The molecular formula is C17H13N5O2. The highest BCUT2D eigenvalue weighted by Gasteiger charge is 2.23. The number of non-ortho nitro benzene ring substituents is 1. The number of aromatic nitrogens is 2. The number of aliphatic imine (C=N–C) groups is 1. The van der Waals surface area contributed by atoms with Crippen LogP contribution in [0.3, 0.4) is 0 Å². The van der Waals surface area contributed by atoms with Gasteiger partial charge in [0.05, 0.1) is 16.3 Å². The van der Waals surface area contributed by atoms with Crippen molar-refractivity contribution in [2.24, 2.45) is 4.99 Å². The van der Waals surface area contributed by atoms with Crippen LogP contribution in [0.1, 0.15) is 16.8 Å². The fourth-order valence-corrected chi connectivity index (χ4v) is 2.71. The Bertz CT molecular complexity index is 976. The summed E-state index contributed by atoms with van der Waals surface area (Å²) in [4.78, 5) is 15.5. The summed E-state index contributed by atoms with van der Waals surface area (Å²) in [5.41, 5.74) is 4.51. The SMILES string of the molecule is Cc1[nH]nc2c1N=C(c1ccccc1)c1cc([N+](=O)[O-])ccc1N2. The van der Waals surface area contributed by atoms with E-state index in [4.69, 9.17) is 4.99 Å². The Balaban J connectivity index is 2.01. The van der Waals surface area contributed by atoms with E-state index in [0.29, 0.717) is 22.8 Å². The summed E-state index contributed by atoms with van der Waals surface area (Å²) >= 11 is 0. The van der Waals surface area contributed by atoms with Crippen molar-refractivity contribution in [3.05, 3.63) is 75.5 Å². The number of fused-ring (bicyclic) bond motifs is 2. The summed E-state index contributed by atoms with van der Waals surface area (Å²) < 4.78 is 0. The summed E-state index contributed by atoms with van der Waals surface area (Å²) in [6.07, 6.45) is 0. The van der Waals surface area contributed by atoms with Crippen molar-refractivity contribution in [2.45, 2.75) is 6.92 Å². The van der Waals surface area contributed by atoms with Gasteiger partial charge in [-0.05, 0) is 13.0 Å². The van der Waals surface area contributed by atoms with Gasteiger partial charge < -0.3 is 5.32 Å². The third kappa shape index (κ3) is 2.23. The number of nitrogens with one attached hydrogen (secondary N) is 2. The minimum absolute atomic E-state index is 0.0250. The number of aryl methyl sites for hydroxylation is 1. The lowest BCUT2D eigenvalue weighted by Crippen LogP contribution is -2.06. The van der Waals surface area contributed by atoms with Crippen molar-refractivity contribution in [2.75, 3.05) is 5.32 Å². The molecule has 0 fully saturated rings. The molecule has 2 heterocycles. The van der Waals surface area contributed by atoms with Crippen LogP contribution >= 0.6 is 0 Å². The summed E-state index contributed by atoms with van der Waals surface area (Å²) in [6.45, 7) is 1.89. The second-order valence-corrected chi connectivity index (χ2v) is 5.48. The van der Waals surface area contributed by atoms with Gasteiger partial charge in [-0.2, -0.15) is 5.10 Å². The molecule has 0 amide bonds. The molecular weight excluding hydrogens is 306 g/mol. The van der Waals surface area contributed by atoms with Gasteiger partial charge in [-0.3, -0.25) is 15.2 Å². The minimum Gasteiger partial charge on any atom is -0.336 e. The molecule has 0 unspecified atom stereocenters. The number of nitro benzene ring substituents is 1. The second kappa shape index (κ2) is 5.31. The van der Waals surface area contributed by atoms with E-state index in [1.54, 1.807) is 12.1 Å². The van der Waals surface area contributed by atoms with E-state index in [1.165, 1.54) is 6.07 Å². The number of H-pyrrole nitrogens is 1. The molecule has 0 saturated carbocycles. The van der Waals surface area contributed by atoms with Gasteiger partial charge in [0.25, 0.3) is 5.69 Å². The zero-order valence-electron chi connectivity index (χ0n) is 12.8. The van der Waals surface area contributed by atoms with Gasteiger partial charge in [0, 0.05) is 28.9 Å². The zero-order valence-corrected chi connectivity index (χ0v) is 12.8. The molecule has 1 aliphatic heterocycles. The Morgan fingerprint density at radius 3 is 2.67 bits per heavy atom. The first-order chi connectivity index (χ1) is 11.6. The maximum atomic E-state index is 11.2. The lowest BCUT2D eigenvalue weighted by atomic mass is 10.00. The number of rotatable bonds is 2. The molecule has 0 radical (unpaired) electrons. The highest BCUT2D eigenvalue weighted by Crippen LogP contribution is 2.37. The van der Waals surface area contributed by atoms with E-state index in [1.807, 2.05) is 37.3 Å². The topological polar surface area (TPSA) is 96.2 Å². The standard InChI is InChI=1S/C17H13N5O2/c1-10-15-17(21-20-10)18-14-8-7-12(22(23)24)9-13(14)16(19-15)11-5-3-2-4-6-11/h2-9H,1H3,(H2,18,20,21). The molecule has 118 valence electrons. The lowest BCUT2D eigenvalue weighted by molar-refractivity contribution is -0.384. The summed E-state index contributed by atoms with van der Waals surface area (Å²) in [5.74, 6) is 0.605. The van der Waals surface area contributed by atoms with Gasteiger partial charge in [-0.25, -0.2) is 4.99 Å². The van der Waals surface area contributed by atoms with Gasteiger partial charge in [-0.15, -0.1) is 0 Å². The molecule has 7 nitrogen and oxygen atoms in total. The van der Waals surface area contributed by atoms with Crippen LogP contribution in [0.5, 0.6) is 0 Å². The quantitative estimate of drug-likeness (QED) is 0.433. The van der Waals surface area contributed by atoms with E-state index in [9.17, 15) is 10.1 Å². The predicted octanol–water partition coefficient (Wildman–Crippen LogP) is 3.85. The van der Waals surface area contributed by atoms with E-state index in [-0.39, 0.29) is 5.69 Å². The fourth-order valence-electron chi connectivity index (χ4n) is 2.71. The smallest absolute Gasteiger partial charge is 0.270 e. The number of hydrogen-bond acceptors (Lipinski definition) is 5. The number of nitrogens with zero attached hydrogens (tertiary/aromatic N) is 3. The Labute approximate surface area is 137 Å². The van der Waals surface area contributed by atoms with Crippen LogP contribution in [0.15, 0.2) is 53.5 Å². The van der Waals surface area contributed by atoms with E-state index >= 15 is 0 Å². The van der Waals surface area contributed by atoms with E-state index in [0.717, 1.165) is 16.9 Å². The second-order valence-electron chi connectivity index (χ2n) is 5.48. The molecule has 24 heavy (non-hydrogen) atoms. The van der Waals surface area contributed by atoms with Gasteiger partial charge in [0.1, 0.15) is 5.69 Å². The normalized spacial score (nSPS) is 12.5. The average molecular weight is 319 g/mol. The predicted molar refractivity (Wildman–Crippen MR) is 91.4 cm³/mol. The van der Waals surface area contributed by atoms with Crippen molar-refractivity contribution in [3.63, 3.8) is 0 Å². The van der Waals surface area contributed by atoms with Crippen LogP contribution in [-0.4, -0.2) is 20.8 Å². The molecule has 1 aliphatic rings. The maximum absolute atomic E-state index is 11.2. The first kappa shape index (κ1) is 14.1. The molecule has 0 saturated heterocycles. The first-order valence-corrected chi connectivity index (χ1v) is 7.38. The van der Waals surface area contributed by atoms with Crippen molar-refractivity contribution in [3.8, 4) is 0 Å². The Hall–Kier alpha value is -3.48. The largest absolute Gasteiger partial charge is 0.336 e. The van der Waals surface area contributed by atoms with E-state index < -0.39 is 4.92 Å². The third-order valence-corrected chi connectivity index (χ3v) is 3.91. The van der Waals surface area contributed by atoms with Crippen LogP contribution in [0.4, 0.5) is 22.9 Å². The summed E-state index contributed by atoms with van der Waals surface area (Å²) in [6, 6.07) is 14.3. The van der Waals surface area contributed by atoms with Gasteiger partial charge in [0.2, 0.25) is 0 Å². The van der Waals surface area contributed by atoms with Gasteiger partial charge in [-0.1, -0.05) is 30.3 Å². The molecule has 2 aromatic carbocycles. The highest BCUT2D eigenvalue weighted by atomic mass is 16.6. The molecule has 0 spiro atoms. The molecule has 0 bridgehead atoms. The fraction of sp³-hybridized carbons (Fsp3) is 0.0588. The van der Waals surface area contributed by atoms with Crippen LogP contribution in [0.2, 0.25) is 0 Å². The number of anilines is 2. The van der Waals surface area contributed by atoms with Crippen molar-refractivity contribution >= 4 is 28.6 Å². The molecule has 1 aromatic heterocycles. The van der Waals surface area contributed by atoms with Crippen LogP contribution in [0, 0.1) is 17.0 Å². The van der Waals surface area contributed by atoms with Crippen molar-refractivity contribution in [1.29, 1.82) is 0 Å². The van der Waals surface area contributed by atoms with Crippen LogP contribution < -0.4 is 5.32 Å². The summed E-state index contributed by atoms with van der Waals surface area (Å²) in [5, 5.41) is 21.5. The molecule has 2 N–H and O–H groups in total. The molecule has 0 aliphatic carbocycles. The summed E-state index contributed by atoms with van der Waals surface area (Å²) in [7, 11) is 0. The third-order valence-electron chi connectivity index (χ3n) is 3.91. The molecule has 3 aromatic rings. The van der Waals surface area contributed by atoms with E-state index in [2.05, 4.69) is 15.5 Å². The average Bonchev–Trinajstić information content (AvgIpc) is 2.85. The molecule has 4 rings (SSSR count). The van der Waals surface area contributed by atoms with Crippen molar-refractivity contribution in [1.82, 2.24) is 10.2 Å². The molecule has 7 heteroatoms. The van der Waals surface area contributed by atoms with Crippen molar-refractivity contribution < 1.29 is 4.92 Å². The highest BCUT2D eigenvalue weighted by molar-refractivity contribution is 6.18. The lowest BCUT2D eigenvalue weighted by Gasteiger charge is -2.10. The number of hydrogen-bond donors (Lipinski definition) is 2. The minimum atomic E-state index is -0.405. The number of aromatic amines is 1. The monoisotopic (exact) mass is 319 g/mol. The van der Waals surface area contributed by atoms with Gasteiger partial charge in [0.15, 0.2) is 5.82 Å². The molecule has 0 atom stereocenters. The number of benzene rings is 2. The zero-order chi connectivity index (χ0) is 16.7. The first-order valence-electron chi connectivity index (χ1n) is 7.38. The number of nitro groups is 1. The Morgan fingerprint density at radius 2 is 1.92 bits per heavy atom. The van der Waals surface area contributed by atoms with Crippen LogP contribution in [0.25, 0.3) is 0 Å². The Kier molecular flexibility index (Phi) is 3.13.